The first-order valence-electron chi connectivity index (χ1n) is 13.2. The summed E-state index contributed by atoms with van der Waals surface area (Å²) in [6.45, 7) is 2.17. The van der Waals surface area contributed by atoms with E-state index in [-0.39, 0.29) is 37.9 Å². The summed E-state index contributed by atoms with van der Waals surface area (Å²) in [5, 5.41) is 39.6. The number of aliphatic hydroxyl groups is 1. The number of aliphatic carboxylic acids is 3. The Bertz CT molecular complexity index is 857. The van der Waals surface area contributed by atoms with Gasteiger partial charge in [-0.15, -0.1) is 11.8 Å². The largest absolute Gasteiger partial charge is 0.481 e. The maximum absolute atomic E-state index is 12.1. The molecule has 220 valence electrons. The van der Waals surface area contributed by atoms with Gasteiger partial charge in [-0.25, -0.2) is 4.79 Å². The fourth-order valence-corrected chi connectivity index (χ4v) is 4.44. The lowest BCUT2D eigenvalue weighted by Crippen LogP contribution is -2.44. The molecule has 0 saturated carbocycles. The molecule has 10 nitrogen and oxygen atoms in total. The van der Waals surface area contributed by atoms with Crippen molar-refractivity contribution in [3.63, 3.8) is 0 Å². The monoisotopic (exact) mass is 568 g/mol. The van der Waals surface area contributed by atoms with Crippen LogP contribution in [0.15, 0.2) is 48.6 Å². The number of carbonyl (C=O) groups is 4. The molecule has 0 spiro atoms. The molecular formula is C28H44N2O8S. The van der Waals surface area contributed by atoms with E-state index >= 15 is 0 Å². The molecule has 0 heterocycles. The number of aliphatic hydroxyl groups excluding tert-OH is 1. The second kappa shape index (κ2) is 23.0. The number of unbranched alkanes of at least 4 members (excludes halogenated alkanes) is 3. The number of carbonyl (C=O) groups excluding carboxylic acids is 1. The zero-order chi connectivity index (χ0) is 29.5. The number of hydrogen-bond donors (Lipinski definition) is 6. The van der Waals surface area contributed by atoms with Gasteiger partial charge >= 0.3 is 17.9 Å². The maximum atomic E-state index is 12.1. The Kier molecular flexibility index (Phi) is 21.3. The SMILES string of the molecule is CCCCC/C=C\C\C=C/C=C/C=C/[C@@H](SC[C@H](NC(=O)CC[C@H](N)C(=O)O)C(=O)O)[C@H](O)CCCC(=O)O. The molecule has 0 fully saturated rings. The Labute approximate surface area is 235 Å². The lowest BCUT2D eigenvalue weighted by molar-refractivity contribution is -0.141. The van der Waals surface area contributed by atoms with E-state index in [9.17, 15) is 29.4 Å². The second-order valence-corrected chi connectivity index (χ2v) is 10.2. The highest BCUT2D eigenvalue weighted by atomic mass is 32.2. The summed E-state index contributed by atoms with van der Waals surface area (Å²) >= 11 is 1.12. The van der Waals surface area contributed by atoms with Crippen LogP contribution in [0.5, 0.6) is 0 Å². The molecule has 0 rings (SSSR count). The molecule has 4 atom stereocenters. The third-order valence-electron chi connectivity index (χ3n) is 5.54. The fraction of sp³-hybridized carbons (Fsp3) is 0.571. The van der Waals surface area contributed by atoms with E-state index in [4.69, 9.17) is 15.9 Å². The van der Waals surface area contributed by atoms with Crippen molar-refractivity contribution in [2.24, 2.45) is 5.73 Å². The minimum Gasteiger partial charge on any atom is -0.481 e. The van der Waals surface area contributed by atoms with Gasteiger partial charge in [-0.05, 0) is 38.5 Å². The molecule has 0 unspecified atom stereocenters. The van der Waals surface area contributed by atoms with Crippen LogP contribution in [0.2, 0.25) is 0 Å². The van der Waals surface area contributed by atoms with Gasteiger partial charge in [0.25, 0.3) is 0 Å². The van der Waals surface area contributed by atoms with E-state index in [1.54, 1.807) is 18.2 Å². The van der Waals surface area contributed by atoms with Crippen molar-refractivity contribution in [2.45, 2.75) is 94.6 Å². The average Bonchev–Trinajstić information content (AvgIpc) is 2.88. The molecule has 0 aromatic heterocycles. The van der Waals surface area contributed by atoms with Gasteiger partial charge in [0, 0.05) is 23.8 Å². The van der Waals surface area contributed by atoms with Crippen molar-refractivity contribution in [1.29, 1.82) is 0 Å². The number of rotatable bonds is 23. The summed E-state index contributed by atoms with van der Waals surface area (Å²) < 4.78 is 0. The topological polar surface area (TPSA) is 187 Å². The standard InChI is InChI=1S/C28H44N2O8S/c1-2-3-4-5-6-7-8-9-10-11-12-13-16-24(23(31)15-14-17-26(33)34)39-20-22(28(37)38)30-25(32)19-18-21(29)27(35)36/h6-7,9-13,16,21-24,31H,2-5,8,14-15,17-20,29H2,1H3,(H,30,32)(H,33,34)(H,35,36)(H,37,38)/b7-6-,10-9-,12-11+,16-13+/t21-,22-,23+,24+/m0/s1. The summed E-state index contributed by atoms with van der Waals surface area (Å²) in [4.78, 5) is 45.4. The van der Waals surface area contributed by atoms with Crippen LogP contribution >= 0.6 is 11.8 Å². The Balaban J connectivity index is 5.01. The minimum absolute atomic E-state index is 0.0642. The number of nitrogens with two attached hydrogens (primary N) is 1. The average molecular weight is 569 g/mol. The van der Waals surface area contributed by atoms with E-state index in [1.165, 1.54) is 19.3 Å². The normalized spacial score (nSPS) is 15.2. The number of carboxylic acid groups (broad SMARTS) is 3. The minimum atomic E-state index is -1.27. The van der Waals surface area contributed by atoms with Gasteiger partial charge in [0.05, 0.1) is 6.10 Å². The van der Waals surface area contributed by atoms with Crippen molar-refractivity contribution in [2.75, 3.05) is 5.75 Å². The molecule has 0 radical (unpaired) electrons. The number of thioether (sulfide) groups is 1. The predicted octanol–water partition coefficient (Wildman–Crippen LogP) is 3.66. The van der Waals surface area contributed by atoms with Crippen LogP contribution in [0.4, 0.5) is 0 Å². The van der Waals surface area contributed by atoms with Crippen LogP contribution in [0.3, 0.4) is 0 Å². The molecule has 0 aromatic rings. The lowest BCUT2D eigenvalue weighted by Gasteiger charge is -2.22. The number of amides is 1. The Morgan fingerprint density at radius 2 is 1.59 bits per heavy atom. The van der Waals surface area contributed by atoms with Crippen molar-refractivity contribution < 1.29 is 39.6 Å². The molecule has 0 aliphatic rings. The van der Waals surface area contributed by atoms with E-state index in [0.717, 1.165) is 24.6 Å². The molecule has 0 aliphatic carbocycles. The van der Waals surface area contributed by atoms with Crippen LogP contribution < -0.4 is 11.1 Å². The highest BCUT2D eigenvalue weighted by Gasteiger charge is 2.25. The molecule has 0 aliphatic heterocycles. The van der Waals surface area contributed by atoms with Gasteiger partial charge in [0.1, 0.15) is 12.1 Å². The van der Waals surface area contributed by atoms with Gasteiger partial charge in [-0.3, -0.25) is 14.4 Å². The highest BCUT2D eigenvalue weighted by molar-refractivity contribution is 8.00. The summed E-state index contributed by atoms with van der Waals surface area (Å²) in [6.07, 6.45) is 19.9. The van der Waals surface area contributed by atoms with Crippen molar-refractivity contribution in [3.8, 4) is 0 Å². The maximum Gasteiger partial charge on any atom is 0.327 e. The Morgan fingerprint density at radius 1 is 0.872 bits per heavy atom. The number of nitrogens with one attached hydrogen (secondary N) is 1. The van der Waals surface area contributed by atoms with Gasteiger partial charge in [0.15, 0.2) is 0 Å². The molecule has 0 saturated heterocycles. The van der Waals surface area contributed by atoms with Crippen molar-refractivity contribution in [3.05, 3.63) is 48.6 Å². The van der Waals surface area contributed by atoms with Crippen LogP contribution in [0.1, 0.15) is 71.1 Å². The number of carboxylic acids is 3. The zero-order valence-corrected chi connectivity index (χ0v) is 23.4. The first-order valence-corrected chi connectivity index (χ1v) is 14.3. The Hall–Kier alpha value is -2.89. The predicted molar refractivity (Wildman–Crippen MR) is 153 cm³/mol. The first-order chi connectivity index (χ1) is 18.6. The van der Waals surface area contributed by atoms with E-state index in [1.807, 2.05) is 18.2 Å². The number of allylic oxidation sites excluding steroid dienone is 7. The van der Waals surface area contributed by atoms with E-state index in [2.05, 4.69) is 24.4 Å². The molecule has 11 heteroatoms. The van der Waals surface area contributed by atoms with Crippen LogP contribution in [0, 0.1) is 0 Å². The highest BCUT2D eigenvalue weighted by Crippen LogP contribution is 2.21. The second-order valence-electron chi connectivity index (χ2n) is 8.99. The third kappa shape index (κ3) is 20.7. The quantitative estimate of drug-likeness (QED) is 0.0603. The summed E-state index contributed by atoms with van der Waals surface area (Å²) in [6, 6.07) is -2.49. The summed E-state index contributed by atoms with van der Waals surface area (Å²) in [7, 11) is 0. The van der Waals surface area contributed by atoms with E-state index in [0.29, 0.717) is 0 Å². The smallest absolute Gasteiger partial charge is 0.327 e. The van der Waals surface area contributed by atoms with Gasteiger partial charge in [-0.1, -0.05) is 68.4 Å². The molecule has 0 bridgehead atoms. The summed E-state index contributed by atoms with van der Waals surface area (Å²) in [5.74, 6) is -4.20. The van der Waals surface area contributed by atoms with Crippen LogP contribution in [-0.4, -0.2) is 73.4 Å². The van der Waals surface area contributed by atoms with E-state index < -0.39 is 47.3 Å². The fourth-order valence-electron chi connectivity index (χ4n) is 3.24. The molecule has 0 aromatic carbocycles. The first kappa shape index (κ1) is 36.1. The Morgan fingerprint density at radius 3 is 2.23 bits per heavy atom. The van der Waals surface area contributed by atoms with Crippen LogP contribution in [-0.2, 0) is 19.2 Å². The van der Waals surface area contributed by atoms with Gasteiger partial charge in [-0.2, -0.15) is 0 Å². The summed E-state index contributed by atoms with van der Waals surface area (Å²) in [5.41, 5.74) is 5.38. The van der Waals surface area contributed by atoms with Crippen molar-refractivity contribution in [1.82, 2.24) is 5.32 Å². The molecule has 39 heavy (non-hydrogen) atoms. The van der Waals surface area contributed by atoms with Gasteiger partial charge < -0.3 is 31.5 Å². The zero-order valence-electron chi connectivity index (χ0n) is 22.6. The number of hydrogen-bond acceptors (Lipinski definition) is 7. The van der Waals surface area contributed by atoms with Crippen LogP contribution in [0.25, 0.3) is 0 Å². The third-order valence-corrected chi connectivity index (χ3v) is 6.92. The molecule has 7 N–H and O–H groups in total. The molecule has 1 amide bonds. The lowest BCUT2D eigenvalue weighted by atomic mass is 10.1. The molecular weight excluding hydrogens is 524 g/mol. The van der Waals surface area contributed by atoms with Gasteiger partial charge in [0.2, 0.25) is 5.91 Å². The van der Waals surface area contributed by atoms with Crippen molar-refractivity contribution >= 4 is 35.6 Å².